The molecule has 140 valence electrons. The van der Waals surface area contributed by atoms with E-state index in [1.54, 1.807) is 60.7 Å². The number of benzene rings is 2. The van der Waals surface area contributed by atoms with Crippen LogP contribution in [0.2, 0.25) is 0 Å². The highest BCUT2D eigenvalue weighted by molar-refractivity contribution is 6.05. The van der Waals surface area contributed by atoms with Crippen LogP contribution in [0, 0.1) is 5.41 Å². The predicted molar refractivity (Wildman–Crippen MR) is 96.3 cm³/mol. The third-order valence-electron chi connectivity index (χ3n) is 3.82. The van der Waals surface area contributed by atoms with E-state index in [-0.39, 0.29) is 12.8 Å². The molecule has 0 spiro atoms. The van der Waals surface area contributed by atoms with Gasteiger partial charge in [0.25, 0.3) is 0 Å². The SMILES string of the molecule is CC(C)(C(=O)OC(=O)Cc1ccccc1)C(=O)OC(=O)Cc1ccccc1. The Kier molecular flexibility index (Phi) is 6.60. The molecule has 0 bridgehead atoms. The van der Waals surface area contributed by atoms with Crippen molar-refractivity contribution in [2.24, 2.45) is 5.41 Å². The Morgan fingerprint density at radius 1 is 0.667 bits per heavy atom. The second-order valence-corrected chi connectivity index (χ2v) is 6.47. The van der Waals surface area contributed by atoms with Crippen LogP contribution >= 0.6 is 0 Å². The first-order valence-corrected chi connectivity index (χ1v) is 8.37. The molecule has 0 amide bonds. The molecule has 6 nitrogen and oxygen atoms in total. The molecule has 0 aliphatic rings. The number of esters is 4. The maximum Gasteiger partial charge on any atom is 0.330 e. The van der Waals surface area contributed by atoms with Crippen molar-refractivity contribution >= 4 is 23.9 Å². The minimum atomic E-state index is -1.79. The standard InChI is InChI=1S/C21H20O6/c1-21(2,19(24)26-17(22)13-15-9-5-3-6-10-15)20(25)27-18(23)14-16-11-7-4-8-12-16/h3-12H,13-14H2,1-2H3. The van der Waals surface area contributed by atoms with Crippen LogP contribution in [0.15, 0.2) is 60.7 Å². The summed E-state index contributed by atoms with van der Waals surface area (Å²) in [6, 6.07) is 17.5. The molecule has 0 aliphatic heterocycles. The molecule has 2 rings (SSSR count). The summed E-state index contributed by atoms with van der Waals surface area (Å²) in [5.41, 5.74) is -0.443. The van der Waals surface area contributed by atoms with E-state index in [1.807, 2.05) is 0 Å². The average molecular weight is 368 g/mol. The van der Waals surface area contributed by atoms with Gasteiger partial charge in [0.05, 0.1) is 12.8 Å². The van der Waals surface area contributed by atoms with Crippen molar-refractivity contribution in [2.75, 3.05) is 0 Å². The first kappa shape index (κ1) is 20.0. The lowest BCUT2D eigenvalue weighted by atomic mass is 9.94. The molecule has 2 aromatic carbocycles. The second kappa shape index (κ2) is 8.89. The van der Waals surface area contributed by atoms with Gasteiger partial charge in [-0.2, -0.15) is 0 Å². The van der Waals surface area contributed by atoms with Crippen LogP contribution in [0.5, 0.6) is 0 Å². The summed E-state index contributed by atoms with van der Waals surface area (Å²) in [6.07, 6.45) is -0.213. The molecule has 0 saturated carbocycles. The van der Waals surface area contributed by atoms with E-state index in [0.29, 0.717) is 11.1 Å². The van der Waals surface area contributed by atoms with Gasteiger partial charge < -0.3 is 9.47 Å². The van der Waals surface area contributed by atoms with Gasteiger partial charge in [0.1, 0.15) is 0 Å². The normalized spacial score (nSPS) is 10.7. The molecular weight excluding hydrogens is 348 g/mol. The number of carbonyl (C=O) groups is 4. The minimum Gasteiger partial charge on any atom is -0.392 e. The summed E-state index contributed by atoms with van der Waals surface area (Å²) in [4.78, 5) is 48.2. The summed E-state index contributed by atoms with van der Waals surface area (Å²) in [5.74, 6) is -3.72. The van der Waals surface area contributed by atoms with Crippen molar-refractivity contribution in [1.82, 2.24) is 0 Å². The lowest BCUT2D eigenvalue weighted by Crippen LogP contribution is -2.39. The lowest BCUT2D eigenvalue weighted by molar-refractivity contribution is -0.176. The highest BCUT2D eigenvalue weighted by atomic mass is 16.6. The van der Waals surface area contributed by atoms with Crippen LogP contribution in [0.3, 0.4) is 0 Å². The van der Waals surface area contributed by atoms with E-state index in [2.05, 4.69) is 0 Å². The number of hydrogen-bond acceptors (Lipinski definition) is 6. The molecule has 0 saturated heterocycles. The summed E-state index contributed by atoms with van der Waals surface area (Å²) in [6.45, 7) is 2.48. The maximum absolute atomic E-state index is 12.2. The third-order valence-corrected chi connectivity index (χ3v) is 3.82. The van der Waals surface area contributed by atoms with Crippen LogP contribution in [0.1, 0.15) is 25.0 Å². The number of rotatable bonds is 6. The van der Waals surface area contributed by atoms with Crippen LogP contribution in [-0.2, 0) is 41.5 Å². The summed E-state index contributed by atoms with van der Waals surface area (Å²) in [5, 5.41) is 0. The van der Waals surface area contributed by atoms with Gasteiger partial charge in [-0.05, 0) is 25.0 Å². The Morgan fingerprint density at radius 3 is 1.33 bits per heavy atom. The minimum absolute atomic E-state index is 0.107. The van der Waals surface area contributed by atoms with Gasteiger partial charge in [-0.15, -0.1) is 0 Å². The van der Waals surface area contributed by atoms with Gasteiger partial charge in [-0.3, -0.25) is 19.2 Å². The van der Waals surface area contributed by atoms with E-state index in [0.717, 1.165) is 0 Å². The number of ether oxygens (including phenoxy) is 2. The molecule has 6 heteroatoms. The summed E-state index contributed by atoms with van der Waals surface area (Å²) in [7, 11) is 0. The number of hydrogen-bond donors (Lipinski definition) is 0. The van der Waals surface area contributed by atoms with Crippen molar-refractivity contribution in [3.05, 3.63) is 71.8 Å². The Hall–Kier alpha value is -3.28. The van der Waals surface area contributed by atoms with Crippen molar-refractivity contribution in [3.8, 4) is 0 Å². The van der Waals surface area contributed by atoms with E-state index < -0.39 is 29.3 Å². The molecule has 0 radical (unpaired) electrons. The van der Waals surface area contributed by atoms with Crippen LogP contribution in [0.4, 0.5) is 0 Å². The van der Waals surface area contributed by atoms with Crippen LogP contribution < -0.4 is 0 Å². The molecule has 0 heterocycles. The van der Waals surface area contributed by atoms with Gasteiger partial charge >= 0.3 is 23.9 Å². The second-order valence-electron chi connectivity index (χ2n) is 6.47. The molecule has 0 fully saturated rings. The first-order valence-electron chi connectivity index (χ1n) is 8.37. The maximum atomic E-state index is 12.2. The van der Waals surface area contributed by atoms with Crippen molar-refractivity contribution in [1.29, 1.82) is 0 Å². The number of carbonyl (C=O) groups excluding carboxylic acids is 4. The highest BCUT2D eigenvalue weighted by Gasteiger charge is 2.41. The molecule has 0 atom stereocenters. The average Bonchev–Trinajstić information content (AvgIpc) is 2.63. The van der Waals surface area contributed by atoms with E-state index in [9.17, 15) is 19.2 Å². The van der Waals surface area contributed by atoms with Gasteiger partial charge in [-0.25, -0.2) is 0 Å². The molecular formula is C21H20O6. The quantitative estimate of drug-likeness (QED) is 0.575. The summed E-state index contributed by atoms with van der Waals surface area (Å²) >= 11 is 0. The lowest BCUT2D eigenvalue weighted by Gasteiger charge is -2.19. The Morgan fingerprint density at radius 2 is 1.00 bits per heavy atom. The van der Waals surface area contributed by atoms with E-state index in [4.69, 9.17) is 9.47 Å². The zero-order chi connectivity index (χ0) is 19.9. The monoisotopic (exact) mass is 368 g/mol. The topological polar surface area (TPSA) is 86.7 Å². The van der Waals surface area contributed by atoms with Crippen LogP contribution in [-0.4, -0.2) is 23.9 Å². The molecule has 0 unspecified atom stereocenters. The van der Waals surface area contributed by atoms with Gasteiger partial charge in [0.15, 0.2) is 5.41 Å². The molecule has 0 aromatic heterocycles. The largest absolute Gasteiger partial charge is 0.392 e. The molecule has 2 aromatic rings. The smallest absolute Gasteiger partial charge is 0.330 e. The van der Waals surface area contributed by atoms with Crippen LogP contribution in [0.25, 0.3) is 0 Å². The van der Waals surface area contributed by atoms with E-state index in [1.165, 1.54) is 13.8 Å². The zero-order valence-corrected chi connectivity index (χ0v) is 15.1. The fraction of sp³-hybridized carbons (Fsp3) is 0.238. The molecule has 27 heavy (non-hydrogen) atoms. The fourth-order valence-electron chi connectivity index (χ4n) is 2.14. The predicted octanol–water partition coefficient (Wildman–Crippen LogP) is 2.64. The van der Waals surface area contributed by atoms with Gasteiger partial charge in [0, 0.05) is 0 Å². The van der Waals surface area contributed by atoms with Gasteiger partial charge in [0.2, 0.25) is 0 Å². The first-order chi connectivity index (χ1) is 12.8. The third kappa shape index (κ3) is 5.88. The Balaban J connectivity index is 1.90. The van der Waals surface area contributed by atoms with Crippen molar-refractivity contribution < 1.29 is 28.7 Å². The van der Waals surface area contributed by atoms with Crippen molar-refractivity contribution in [3.63, 3.8) is 0 Å². The molecule has 0 N–H and O–H groups in total. The highest BCUT2D eigenvalue weighted by Crippen LogP contribution is 2.20. The Labute approximate surface area is 157 Å². The molecule has 0 aliphatic carbocycles. The van der Waals surface area contributed by atoms with Gasteiger partial charge in [-0.1, -0.05) is 60.7 Å². The van der Waals surface area contributed by atoms with Crippen molar-refractivity contribution in [2.45, 2.75) is 26.7 Å². The Bertz CT molecular complexity index is 755. The van der Waals surface area contributed by atoms with E-state index >= 15 is 0 Å². The summed E-state index contributed by atoms with van der Waals surface area (Å²) < 4.78 is 9.50. The fourth-order valence-corrected chi connectivity index (χ4v) is 2.14. The zero-order valence-electron chi connectivity index (χ0n) is 15.1.